The predicted molar refractivity (Wildman–Crippen MR) is 84.4 cm³/mol. The van der Waals surface area contributed by atoms with Crippen molar-refractivity contribution in [3.05, 3.63) is 0 Å². The molecule has 0 aromatic heterocycles. The molecule has 2 rings (SSSR count). The lowest BCUT2D eigenvalue weighted by molar-refractivity contribution is -0.155. The van der Waals surface area contributed by atoms with E-state index in [0.29, 0.717) is 32.8 Å². The molecule has 0 saturated carbocycles. The fourth-order valence-corrected chi connectivity index (χ4v) is 3.41. The number of amides is 1. The molecule has 2 aliphatic heterocycles. The molecule has 0 aromatic rings. The lowest BCUT2D eigenvalue weighted by Crippen LogP contribution is -2.75. The van der Waals surface area contributed by atoms with Gasteiger partial charge in [0.15, 0.2) is 0 Å². The van der Waals surface area contributed by atoms with E-state index in [4.69, 9.17) is 9.47 Å². The average Bonchev–Trinajstić information content (AvgIpc) is 2.40. The highest BCUT2D eigenvalue weighted by atomic mass is 16.6. The van der Waals surface area contributed by atoms with Gasteiger partial charge in [0, 0.05) is 25.7 Å². The van der Waals surface area contributed by atoms with Gasteiger partial charge in [-0.25, -0.2) is 4.79 Å². The van der Waals surface area contributed by atoms with Crippen molar-refractivity contribution < 1.29 is 24.2 Å². The number of ether oxygens (including phenoxy) is 2. The van der Waals surface area contributed by atoms with Gasteiger partial charge in [-0.05, 0) is 27.2 Å². The molecule has 0 bridgehead atoms. The molecule has 7 heteroatoms. The first kappa shape index (κ1) is 18.0. The Bertz CT molecular complexity index is 454. The molecule has 0 spiro atoms. The monoisotopic (exact) mass is 328 g/mol. The molecular formula is C16H28N2O5. The van der Waals surface area contributed by atoms with Crippen LogP contribution in [0.2, 0.25) is 0 Å². The Hall–Kier alpha value is -1.34. The van der Waals surface area contributed by atoms with Gasteiger partial charge in [-0.1, -0.05) is 6.92 Å². The second-order valence-corrected chi connectivity index (χ2v) is 7.46. The molecule has 7 nitrogen and oxygen atoms in total. The van der Waals surface area contributed by atoms with Crippen LogP contribution in [-0.4, -0.2) is 77.0 Å². The first-order valence-electron chi connectivity index (χ1n) is 8.21. The number of likely N-dealkylation sites (tertiary alicyclic amines) is 1. The third kappa shape index (κ3) is 4.14. The van der Waals surface area contributed by atoms with Crippen molar-refractivity contribution in [2.75, 3.05) is 32.8 Å². The molecule has 2 aliphatic rings. The summed E-state index contributed by atoms with van der Waals surface area (Å²) >= 11 is 0. The Balaban J connectivity index is 2.08. The van der Waals surface area contributed by atoms with Crippen LogP contribution in [0.5, 0.6) is 0 Å². The van der Waals surface area contributed by atoms with E-state index in [1.807, 2.05) is 20.8 Å². The predicted octanol–water partition coefficient (Wildman–Crippen LogP) is 1.56. The first-order valence-corrected chi connectivity index (χ1v) is 8.21. The minimum absolute atomic E-state index is 0.0306. The van der Waals surface area contributed by atoms with Gasteiger partial charge in [0.2, 0.25) is 0 Å². The quantitative estimate of drug-likeness (QED) is 0.844. The number of carboxylic acids is 1. The summed E-state index contributed by atoms with van der Waals surface area (Å²) in [4.78, 5) is 27.3. The average molecular weight is 328 g/mol. The minimum atomic E-state index is -0.838. The van der Waals surface area contributed by atoms with E-state index in [-0.39, 0.29) is 18.6 Å². The molecule has 132 valence electrons. The SMILES string of the molecule is CCC1COCCN1C1(CC(=O)O)CN(C(=O)OC(C)(C)C)C1. The summed E-state index contributed by atoms with van der Waals surface area (Å²) in [5, 5.41) is 9.32. The number of rotatable bonds is 4. The molecule has 1 N–H and O–H groups in total. The molecule has 23 heavy (non-hydrogen) atoms. The van der Waals surface area contributed by atoms with E-state index in [1.165, 1.54) is 0 Å². The largest absolute Gasteiger partial charge is 0.481 e. The Morgan fingerprint density at radius 1 is 1.35 bits per heavy atom. The molecule has 2 heterocycles. The zero-order valence-corrected chi connectivity index (χ0v) is 14.5. The molecule has 0 aliphatic carbocycles. The topological polar surface area (TPSA) is 79.3 Å². The minimum Gasteiger partial charge on any atom is -0.481 e. The van der Waals surface area contributed by atoms with Gasteiger partial charge in [-0.3, -0.25) is 9.69 Å². The van der Waals surface area contributed by atoms with Crippen molar-refractivity contribution in [1.82, 2.24) is 9.80 Å². The summed E-state index contributed by atoms with van der Waals surface area (Å²) in [6.07, 6.45) is 0.552. The molecule has 1 unspecified atom stereocenters. The van der Waals surface area contributed by atoms with Gasteiger partial charge in [0.25, 0.3) is 0 Å². The normalized spacial score (nSPS) is 24.9. The first-order chi connectivity index (χ1) is 10.7. The fourth-order valence-electron chi connectivity index (χ4n) is 3.41. The number of carbonyl (C=O) groups excluding carboxylic acids is 1. The highest BCUT2D eigenvalue weighted by Crippen LogP contribution is 2.35. The van der Waals surface area contributed by atoms with E-state index in [2.05, 4.69) is 11.8 Å². The highest BCUT2D eigenvalue weighted by molar-refractivity contribution is 5.73. The van der Waals surface area contributed by atoms with Gasteiger partial charge in [-0.2, -0.15) is 0 Å². The van der Waals surface area contributed by atoms with Crippen molar-refractivity contribution in [2.45, 2.75) is 57.7 Å². The molecule has 0 aromatic carbocycles. The Morgan fingerprint density at radius 3 is 2.52 bits per heavy atom. The van der Waals surface area contributed by atoms with Crippen molar-refractivity contribution >= 4 is 12.1 Å². The van der Waals surface area contributed by atoms with E-state index in [1.54, 1.807) is 4.90 Å². The standard InChI is InChI=1S/C16H28N2O5/c1-5-12-9-22-7-6-18(12)16(8-13(19)20)10-17(11-16)14(21)23-15(2,3)4/h12H,5-11H2,1-4H3,(H,19,20). The Morgan fingerprint density at radius 2 is 2.00 bits per heavy atom. The molecule has 0 radical (unpaired) electrons. The van der Waals surface area contributed by atoms with Gasteiger partial charge < -0.3 is 19.5 Å². The summed E-state index contributed by atoms with van der Waals surface area (Å²) in [5.74, 6) is -0.838. The maximum atomic E-state index is 12.2. The van der Waals surface area contributed by atoms with Crippen LogP contribution < -0.4 is 0 Å². The van der Waals surface area contributed by atoms with E-state index in [0.717, 1.165) is 6.42 Å². The number of morpholine rings is 1. The number of aliphatic carboxylic acids is 1. The maximum absolute atomic E-state index is 12.2. The number of carbonyl (C=O) groups is 2. The maximum Gasteiger partial charge on any atom is 0.410 e. The van der Waals surface area contributed by atoms with Gasteiger partial charge in [-0.15, -0.1) is 0 Å². The van der Waals surface area contributed by atoms with E-state index < -0.39 is 17.1 Å². The summed E-state index contributed by atoms with van der Waals surface area (Å²) in [6.45, 7) is 10.3. The van der Waals surface area contributed by atoms with Crippen LogP contribution in [0, 0.1) is 0 Å². The summed E-state index contributed by atoms with van der Waals surface area (Å²) < 4.78 is 10.9. The van der Waals surface area contributed by atoms with Crippen LogP contribution in [0.4, 0.5) is 4.79 Å². The third-order valence-corrected chi connectivity index (χ3v) is 4.41. The zero-order chi connectivity index (χ0) is 17.3. The van der Waals surface area contributed by atoms with Crippen LogP contribution in [0.1, 0.15) is 40.5 Å². The summed E-state index contributed by atoms with van der Waals surface area (Å²) in [7, 11) is 0. The van der Waals surface area contributed by atoms with E-state index >= 15 is 0 Å². The van der Waals surface area contributed by atoms with Crippen LogP contribution in [0.3, 0.4) is 0 Å². The lowest BCUT2D eigenvalue weighted by Gasteiger charge is -2.58. The summed E-state index contributed by atoms with van der Waals surface area (Å²) in [6, 6.07) is 0.198. The number of hydrogen-bond acceptors (Lipinski definition) is 5. The fraction of sp³-hybridized carbons (Fsp3) is 0.875. The molecular weight excluding hydrogens is 300 g/mol. The van der Waals surface area contributed by atoms with Crippen LogP contribution in [-0.2, 0) is 14.3 Å². The van der Waals surface area contributed by atoms with Crippen LogP contribution in [0.25, 0.3) is 0 Å². The molecule has 1 atom stereocenters. The van der Waals surface area contributed by atoms with Gasteiger partial charge >= 0.3 is 12.1 Å². The van der Waals surface area contributed by atoms with Crippen molar-refractivity contribution in [3.8, 4) is 0 Å². The number of carboxylic acid groups (broad SMARTS) is 1. The van der Waals surface area contributed by atoms with Crippen molar-refractivity contribution in [2.24, 2.45) is 0 Å². The molecule has 2 fully saturated rings. The smallest absolute Gasteiger partial charge is 0.410 e. The van der Waals surface area contributed by atoms with Gasteiger partial charge in [0.05, 0.1) is 25.2 Å². The second kappa shape index (κ2) is 6.65. The second-order valence-electron chi connectivity index (χ2n) is 7.46. The van der Waals surface area contributed by atoms with Crippen LogP contribution >= 0.6 is 0 Å². The van der Waals surface area contributed by atoms with Gasteiger partial charge in [0.1, 0.15) is 5.60 Å². The highest BCUT2D eigenvalue weighted by Gasteiger charge is 2.53. The Labute approximate surface area is 137 Å². The van der Waals surface area contributed by atoms with Crippen LogP contribution in [0.15, 0.2) is 0 Å². The molecule has 2 saturated heterocycles. The number of hydrogen-bond donors (Lipinski definition) is 1. The zero-order valence-electron chi connectivity index (χ0n) is 14.5. The van der Waals surface area contributed by atoms with E-state index in [9.17, 15) is 14.7 Å². The van der Waals surface area contributed by atoms with Crippen molar-refractivity contribution in [3.63, 3.8) is 0 Å². The Kier molecular flexibility index (Phi) is 5.20. The van der Waals surface area contributed by atoms with Crippen molar-refractivity contribution in [1.29, 1.82) is 0 Å². The lowest BCUT2D eigenvalue weighted by atomic mass is 9.82. The number of nitrogens with zero attached hydrogens (tertiary/aromatic N) is 2. The molecule has 1 amide bonds. The summed E-state index contributed by atoms with van der Waals surface area (Å²) in [5.41, 5.74) is -1.06. The third-order valence-electron chi connectivity index (χ3n) is 4.41.